The van der Waals surface area contributed by atoms with Crippen LogP contribution in [0.1, 0.15) is 39.5 Å². The molecule has 0 bridgehead atoms. The van der Waals surface area contributed by atoms with E-state index in [9.17, 15) is 23.4 Å². The van der Waals surface area contributed by atoms with Crippen LogP contribution in [-0.2, 0) is 14.6 Å². The summed E-state index contributed by atoms with van der Waals surface area (Å²) in [6, 6.07) is 0. The lowest BCUT2D eigenvalue weighted by molar-refractivity contribution is -0.155. The second-order valence-corrected chi connectivity index (χ2v) is 7.32. The van der Waals surface area contributed by atoms with Gasteiger partial charge in [0.25, 0.3) is 0 Å². The van der Waals surface area contributed by atoms with Crippen molar-refractivity contribution in [2.75, 3.05) is 11.5 Å². The Bertz CT molecular complexity index is 403. The molecule has 0 aromatic carbocycles. The number of hydrogen-bond donors (Lipinski definition) is 2. The highest BCUT2D eigenvalue weighted by molar-refractivity contribution is 7.91. The quantitative estimate of drug-likeness (QED) is 0.758. The van der Waals surface area contributed by atoms with Crippen molar-refractivity contribution in [3.63, 3.8) is 0 Å². The van der Waals surface area contributed by atoms with E-state index in [1.807, 2.05) is 6.92 Å². The maximum Gasteiger partial charge on any atom is 0.310 e. The first-order chi connectivity index (χ1) is 8.29. The highest BCUT2D eigenvalue weighted by atomic mass is 32.2. The molecule has 106 valence electrons. The van der Waals surface area contributed by atoms with E-state index in [1.54, 1.807) is 6.92 Å². The third-order valence-electron chi connectivity index (χ3n) is 4.07. The topological polar surface area (TPSA) is 91.7 Å². The lowest BCUT2D eigenvalue weighted by atomic mass is 9.69. The van der Waals surface area contributed by atoms with Gasteiger partial charge in [0.15, 0.2) is 9.84 Å². The molecule has 2 N–H and O–H groups in total. The predicted octanol–water partition coefficient (Wildman–Crippen LogP) is 1.06. The second-order valence-electron chi connectivity index (χ2n) is 5.17. The summed E-state index contributed by atoms with van der Waals surface area (Å²) in [7, 11) is -3.31. The van der Waals surface area contributed by atoms with Gasteiger partial charge in [-0.25, -0.2) is 8.42 Å². The Morgan fingerprint density at radius 2 is 1.94 bits per heavy atom. The number of aliphatic carboxylic acids is 1. The number of rotatable bonds is 6. The number of hydrogen-bond acceptors (Lipinski definition) is 4. The van der Waals surface area contributed by atoms with Crippen molar-refractivity contribution < 1.29 is 23.4 Å². The third kappa shape index (κ3) is 2.85. The summed E-state index contributed by atoms with van der Waals surface area (Å²) in [5.74, 6) is -2.19. The van der Waals surface area contributed by atoms with Gasteiger partial charge in [0, 0.05) is 5.92 Å². The molecule has 0 saturated carbocycles. The Balaban J connectivity index is 3.07. The first kappa shape index (κ1) is 15.4. The van der Waals surface area contributed by atoms with E-state index in [-0.39, 0.29) is 11.5 Å². The zero-order valence-electron chi connectivity index (χ0n) is 10.9. The summed E-state index contributed by atoms with van der Waals surface area (Å²) in [6.45, 7) is 3.71. The Morgan fingerprint density at radius 3 is 2.28 bits per heavy atom. The van der Waals surface area contributed by atoms with Crippen molar-refractivity contribution in [2.24, 2.45) is 11.3 Å². The van der Waals surface area contributed by atoms with Gasteiger partial charge in [0.2, 0.25) is 0 Å². The second kappa shape index (κ2) is 5.57. The van der Waals surface area contributed by atoms with E-state index < -0.39 is 33.2 Å². The number of carboxylic acid groups (broad SMARTS) is 1. The van der Waals surface area contributed by atoms with Crippen molar-refractivity contribution in [2.45, 2.75) is 45.6 Å². The minimum Gasteiger partial charge on any atom is -0.481 e. The molecule has 1 aliphatic heterocycles. The highest BCUT2D eigenvalue weighted by Crippen LogP contribution is 2.43. The largest absolute Gasteiger partial charge is 0.481 e. The number of unbranched alkanes of at least 4 members (excludes halogenated alkanes) is 1. The van der Waals surface area contributed by atoms with Crippen LogP contribution >= 0.6 is 0 Å². The van der Waals surface area contributed by atoms with Crippen LogP contribution in [0.25, 0.3) is 0 Å². The van der Waals surface area contributed by atoms with Gasteiger partial charge in [-0.3, -0.25) is 4.79 Å². The molecule has 0 spiro atoms. The molecule has 6 heteroatoms. The van der Waals surface area contributed by atoms with Gasteiger partial charge >= 0.3 is 5.97 Å². The van der Waals surface area contributed by atoms with E-state index >= 15 is 0 Å². The molecule has 0 aliphatic carbocycles. The van der Waals surface area contributed by atoms with Gasteiger partial charge in [-0.2, -0.15) is 0 Å². The van der Waals surface area contributed by atoms with Gasteiger partial charge in [-0.05, 0) is 12.8 Å². The van der Waals surface area contributed by atoms with Crippen molar-refractivity contribution >= 4 is 15.8 Å². The first-order valence-corrected chi connectivity index (χ1v) is 8.23. The minimum absolute atomic E-state index is 0.210. The molecular weight excluding hydrogens is 256 g/mol. The van der Waals surface area contributed by atoms with Crippen LogP contribution in [0.4, 0.5) is 0 Å². The summed E-state index contributed by atoms with van der Waals surface area (Å²) in [4.78, 5) is 11.6. The number of aliphatic hydroxyl groups is 1. The lowest BCUT2D eigenvalue weighted by Crippen LogP contribution is -2.43. The third-order valence-corrected chi connectivity index (χ3v) is 5.78. The Kier molecular flexibility index (Phi) is 4.78. The van der Waals surface area contributed by atoms with Crippen molar-refractivity contribution in [1.82, 2.24) is 0 Å². The molecule has 0 aromatic rings. The predicted molar refractivity (Wildman–Crippen MR) is 68.0 cm³/mol. The molecular formula is C12H22O5S. The molecule has 3 unspecified atom stereocenters. The maximum absolute atomic E-state index is 11.6. The molecule has 5 nitrogen and oxygen atoms in total. The molecule has 3 atom stereocenters. The summed E-state index contributed by atoms with van der Waals surface area (Å²) < 4.78 is 23.1. The summed E-state index contributed by atoms with van der Waals surface area (Å²) >= 11 is 0. The van der Waals surface area contributed by atoms with Crippen LogP contribution in [0.15, 0.2) is 0 Å². The Morgan fingerprint density at radius 1 is 1.33 bits per heavy atom. The van der Waals surface area contributed by atoms with Crippen LogP contribution < -0.4 is 0 Å². The molecule has 18 heavy (non-hydrogen) atoms. The average Bonchev–Trinajstić information content (AvgIpc) is 2.54. The van der Waals surface area contributed by atoms with Crippen LogP contribution in [0.3, 0.4) is 0 Å². The van der Waals surface area contributed by atoms with Crippen molar-refractivity contribution in [1.29, 1.82) is 0 Å². The fourth-order valence-corrected chi connectivity index (χ4v) is 4.87. The van der Waals surface area contributed by atoms with Crippen molar-refractivity contribution in [3.05, 3.63) is 0 Å². The molecule has 1 saturated heterocycles. The summed E-state index contributed by atoms with van der Waals surface area (Å²) in [5, 5.41) is 19.4. The Hall–Kier alpha value is -0.620. The molecule has 0 radical (unpaired) electrons. The lowest BCUT2D eigenvalue weighted by Gasteiger charge is -2.35. The normalized spacial score (nSPS) is 29.9. The van der Waals surface area contributed by atoms with Gasteiger partial charge in [0.05, 0.1) is 23.0 Å². The average molecular weight is 278 g/mol. The number of carboxylic acids is 1. The van der Waals surface area contributed by atoms with Gasteiger partial charge in [0.1, 0.15) is 0 Å². The summed E-state index contributed by atoms with van der Waals surface area (Å²) in [6.07, 6.45) is 1.29. The van der Waals surface area contributed by atoms with E-state index in [2.05, 4.69) is 0 Å². The number of sulfone groups is 1. The van der Waals surface area contributed by atoms with E-state index in [0.29, 0.717) is 12.8 Å². The van der Waals surface area contributed by atoms with Gasteiger partial charge in [-0.15, -0.1) is 0 Å². The zero-order valence-corrected chi connectivity index (χ0v) is 11.7. The van der Waals surface area contributed by atoms with Crippen LogP contribution in [0.5, 0.6) is 0 Å². The SMILES string of the molecule is CCCCC(CC)(C(=O)O)C1CS(=O)(=O)CC1O. The highest BCUT2D eigenvalue weighted by Gasteiger charge is 2.52. The van der Waals surface area contributed by atoms with Gasteiger partial charge < -0.3 is 10.2 Å². The minimum atomic E-state index is -3.31. The smallest absolute Gasteiger partial charge is 0.310 e. The van der Waals surface area contributed by atoms with E-state index in [1.165, 1.54) is 0 Å². The number of carbonyl (C=O) groups is 1. The van der Waals surface area contributed by atoms with E-state index in [0.717, 1.165) is 12.8 Å². The zero-order chi connectivity index (χ0) is 14.0. The molecule has 1 rings (SSSR count). The maximum atomic E-state index is 11.6. The van der Waals surface area contributed by atoms with Gasteiger partial charge in [-0.1, -0.05) is 26.7 Å². The Labute approximate surface area is 108 Å². The van der Waals surface area contributed by atoms with E-state index in [4.69, 9.17) is 0 Å². The number of aliphatic hydroxyl groups excluding tert-OH is 1. The standard InChI is InChI=1S/C12H22O5S/c1-3-5-6-12(4-2,11(14)15)9-7-18(16,17)8-10(9)13/h9-10,13H,3-8H2,1-2H3,(H,14,15). The first-order valence-electron chi connectivity index (χ1n) is 6.41. The monoisotopic (exact) mass is 278 g/mol. The fourth-order valence-electron chi connectivity index (χ4n) is 2.89. The fraction of sp³-hybridized carbons (Fsp3) is 0.917. The van der Waals surface area contributed by atoms with Crippen LogP contribution in [0.2, 0.25) is 0 Å². The molecule has 1 aliphatic rings. The molecule has 0 aromatic heterocycles. The van der Waals surface area contributed by atoms with Crippen LogP contribution in [0, 0.1) is 11.3 Å². The van der Waals surface area contributed by atoms with Crippen molar-refractivity contribution in [3.8, 4) is 0 Å². The van der Waals surface area contributed by atoms with Crippen LogP contribution in [-0.4, -0.2) is 42.2 Å². The molecule has 1 heterocycles. The molecule has 1 fully saturated rings. The molecule has 0 amide bonds. The summed E-state index contributed by atoms with van der Waals surface area (Å²) in [5.41, 5.74) is -1.11.